The van der Waals surface area contributed by atoms with Gasteiger partial charge in [0.15, 0.2) is 0 Å². The molecule has 1 saturated heterocycles. The Morgan fingerprint density at radius 3 is 2.28 bits per heavy atom. The largest absolute Gasteiger partial charge is 0.296 e. The van der Waals surface area contributed by atoms with Crippen LogP contribution in [0, 0.1) is 18.8 Å². The molecule has 0 radical (unpaired) electrons. The summed E-state index contributed by atoms with van der Waals surface area (Å²) < 4.78 is 0. The fourth-order valence-corrected chi connectivity index (χ4v) is 2.53. The summed E-state index contributed by atoms with van der Waals surface area (Å²) in [5.74, 6) is -0.422. The summed E-state index contributed by atoms with van der Waals surface area (Å²) >= 11 is 0. The zero-order chi connectivity index (χ0) is 13.3. The van der Waals surface area contributed by atoms with E-state index in [-0.39, 0.29) is 23.7 Å². The van der Waals surface area contributed by atoms with Crippen molar-refractivity contribution in [1.82, 2.24) is 5.32 Å². The van der Waals surface area contributed by atoms with Gasteiger partial charge in [-0.15, -0.1) is 0 Å². The summed E-state index contributed by atoms with van der Waals surface area (Å²) in [6.45, 7) is 6.15. The van der Waals surface area contributed by atoms with E-state index in [1.807, 2.05) is 31.2 Å². The summed E-state index contributed by atoms with van der Waals surface area (Å²) in [4.78, 5) is 23.8. The van der Waals surface area contributed by atoms with Crippen LogP contribution in [0.25, 0.3) is 0 Å². The van der Waals surface area contributed by atoms with E-state index in [4.69, 9.17) is 0 Å². The number of nitrogens with one attached hydrogen (secondary N) is 1. The molecule has 1 fully saturated rings. The van der Waals surface area contributed by atoms with Gasteiger partial charge in [-0.2, -0.15) is 0 Å². The van der Waals surface area contributed by atoms with Crippen LogP contribution in [-0.4, -0.2) is 11.8 Å². The predicted molar refractivity (Wildman–Crippen MR) is 70.0 cm³/mol. The summed E-state index contributed by atoms with van der Waals surface area (Å²) in [5, 5.41) is 2.46. The van der Waals surface area contributed by atoms with Gasteiger partial charge in [0.05, 0.1) is 11.8 Å². The van der Waals surface area contributed by atoms with E-state index >= 15 is 0 Å². The normalized spacial score (nSPS) is 23.6. The summed E-state index contributed by atoms with van der Waals surface area (Å²) in [6.07, 6.45) is 0.746. The van der Waals surface area contributed by atoms with E-state index in [1.165, 1.54) is 0 Å². The SMILES string of the molecule is Cc1ccc([C@H]2C(=O)NC(=O)[C@@H]2CC(C)C)cc1. The molecule has 1 aliphatic rings. The van der Waals surface area contributed by atoms with Crippen LogP contribution in [0.3, 0.4) is 0 Å². The van der Waals surface area contributed by atoms with Crippen LogP contribution < -0.4 is 5.32 Å². The highest BCUT2D eigenvalue weighted by atomic mass is 16.2. The second kappa shape index (κ2) is 4.92. The van der Waals surface area contributed by atoms with Gasteiger partial charge in [0.1, 0.15) is 0 Å². The van der Waals surface area contributed by atoms with E-state index in [9.17, 15) is 9.59 Å². The van der Waals surface area contributed by atoms with Gasteiger partial charge in [0.2, 0.25) is 11.8 Å². The van der Waals surface area contributed by atoms with E-state index in [1.54, 1.807) is 0 Å². The molecule has 0 bridgehead atoms. The average molecular weight is 245 g/mol. The Kier molecular flexibility index (Phi) is 3.50. The molecule has 3 heteroatoms. The van der Waals surface area contributed by atoms with Crippen LogP contribution in [0.15, 0.2) is 24.3 Å². The van der Waals surface area contributed by atoms with Gasteiger partial charge in [-0.3, -0.25) is 14.9 Å². The molecule has 1 aromatic rings. The fourth-order valence-electron chi connectivity index (χ4n) is 2.53. The molecule has 1 N–H and O–H groups in total. The van der Waals surface area contributed by atoms with Crippen molar-refractivity contribution >= 4 is 11.8 Å². The van der Waals surface area contributed by atoms with Crippen LogP contribution in [-0.2, 0) is 9.59 Å². The number of hydrogen-bond donors (Lipinski definition) is 1. The van der Waals surface area contributed by atoms with Crippen molar-refractivity contribution in [3.63, 3.8) is 0 Å². The first-order valence-electron chi connectivity index (χ1n) is 6.40. The van der Waals surface area contributed by atoms with Crippen LogP contribution in [0.4, 0.5) is 0 Å². The fraction of sp³-hybridized carbons (Fsp3) is 0.467. The standard InChI is InChI=1S/C15H19NO2/c1-9(2)8-12-13(15(18)16-14(12)17)11-6-4-10(3)5-7-11/h4-7,9,12-13H,8H2,1-3H3,(H,16,17,18)/t12-,13-/m1/s1. The minimum Gasteiger partial charge on any atom is -0.296 e. The summed E-state index contributed by atoms with van der Waals surface area (Å²) in [6, 6.07) is 7.87. The van der Waals surface area contributed by atoms with Crippen LogP contribution in [0.1, 0.15) is 37.3 Å². The number of amides is 2. The third kappa shape index (κ3) is 2.45. The highest BCUT2D eigenvalue weighted by molar-refractivity contribution is 6.07. The Balaban J connectivity index is 2.30. The molecule has 0 saturated carbocycles. The Hall–Kier alpha value is -1.64. The number of carbonyl (C=O) groups excluding carboxylic acids is 2. The molecule has 18 heavy (non-hydrogen) atoms. The number of aryl methyl sites for hydroxylation is 1. The van der Waals surface area contributed by atoms with Crippen molar-refractivity contribution in [2.24, 2.45) is 11.8 Å². The zero-order valence-electron chi connectivity index (χ0n) is 11.1. The number of hydrogen-bond acceptors (Lipinski definition) is 2. The minimum absolute atomic E-state index is 0.126. The van der Waals surface area contributed by atoms with Crippen molar-refractivity contribution in [1.29, 1.82) is 0 Å². The van der Waals surface area contributed by atoms with Crippen molar-refractivity contribution in [3.8, 4) is 0 Å². The van der Waals surface area contributed by atoms with Gasteiger partial charge >= 0.3 is 0 Å². The molecule has 0 aromatic heterocycles. The maximum atomic E-state index is 11.9. The van der Waals surface area contributed by atoms with Crippen LogP contribution in [0.5, 0.6) is 0 Å². The molecule has 1 aromatic carbocycles. The first kappa shape index (κ1) is 12.8. The Bertz CT molecular complexity index is 462. The van der Waals surface area contributed by atoms with Crippen LogP contribution in [0.2, 0.25) is 0 Å². The van der Waals surface area contributed by atoms with Crippen molar-refractivity contribution in [3.05, 3.63) is 35.4 Å². The maximum absolute atomic E-state index is 11.9. The number of imide groups is 1. The van der Waals surface area contributed by atoms with Crippen molar-refractivity contribution in [2.45, 2.75) is 33.1 Å². The quantitative estimate of drug-likeness (QED) is 0.831. The molecule has 0 aliphatic carbocycles. The molecule has 0 unspecified atom stereocenters. The molecule has 1 aliphatic heterocycles. The maximum Gasteiger partial charge on any atom is 0.234 e. The van der Waals surface area contributed by atoms with Gasteiger partial charge in [-0.1, -0.05) is 43.7 Å². The monoisotopic (exact) mass is 245 g/mol. The molecule has 1 heterocycles. The third-order valence-corrected chi connectivity index (χ3v) is 3.43. The average Bonchev–Trinajstić information content (AvgIpc) is 2.55. The Morgan fingerprint density at radius 2 is 1.72 bits per heavy atom. The number of carbonyl (C=O) groups is 2. The van der Waals surface area contributed by atoms with Gasteiger partial charge in [-0.05, 0) is 24.8 Å². The van der Waals surface area contributed by atoms with Crippen LogP contribution >= 0.6 is 0 Å². The van der Waals surface area contributed by atoms with E-state index < -0.39 is 0 Å². The molecule has 2 amide bonds. The molecule has 0 spiro atoms. The lowest BCUT2D eigenvalue weighted by molar-refractivity contribution is -0.126. The smallest absolute Gasteiger partial charge is 0.234 e. The first-order chi connectivity index (χ1) is 8.49. The Morgan fingerprint density at radius 1 is 1.11 bits per heavy atom. The van der Waals surface area contributed by atoms with Gasteiger partial charge < -0.3 is 0 Å². The molecule has 2 atom stereocenters. The molecule has 2 rings (SSSR count). The summed E-state index contributed by atoms with van der Waals surface area (Å²) in [5.41, 5.74) is 2.10. The molecular formula is C15H19NO2. The summed E-state index contributed by atoms with van der Waals surface area (Å²) in [7, 11) is 0. The van der Waals surface area contributed by atoms with Crippen molar-refractivity contribution < 1.29 is 9.59 Å². The Labute approximate surface area is 108 Å². The minimum atomic E-state index is -0.319. The number of rotatable bonds is 3. The zero-order valence-corrected chi connectivity index (χ0v) is 11.1. The van der Waals surface area contributed by atoms with Gasteiger partial charge in [0, 0.05) is 0 Å². The second-order valence-corrected chi connectivity index (χ2v) is 5.48. The van der Waals surface area contributed by atoms with E-state index in [0.29, 0.717) is 5.92 Å². The predicted octanol–water partition coefficient (Wildman–Crippen LogP) is 2.40. The molecular weight excluding hydrogens is 226 g/mol. The van der Waals surface area contributed by atoms with Gasteiger partial charge in [0.25, 0.3) is 0 Å². The number of benzene rings is 1. The third-order valence-electron chi connectivity index (χ3n) is 3.43. The highest BCUT2D eigenvalue weighted by Crippen LogP contribution is 2.34. The van der Waals surface area contributed by atoms with Crippen molar-refractivity contribution in [2.75, 3.05) is 0 Å². The lowest BCUT2D eigenvalue weighted by Gasteiger charge is -2.17. The molecule has 3 nitrogen and oxygen atoms in total. The van der Waals surface area contributed by atoms with E-state index in [2.05, 4.69) is 19.2 Å². The first-order valence-corrected chi connectivity index (χ1v) is 6.40. The highest BCUT2D eigenvalue weighted by Gasteiger charge is 2.42. The lowest BCUT2D eigenvalue weighted by Crippen LogP contribution is -2.22. The molecule has 96 valence electrons. The van der Waals surface area contributed by atoms with E-state index in [0.717, 1.165) is 17.5 Å². The lowest BCUT2D eigenvalue weighted by atomic mass is 9.83. The van der Waals surface area contributed by atoms with Gasteiger partial charge in [-0.25, -0.2) is 0 Å². The topological polar surface area (TPSA) is 46.2 Å². The second-order valence-electron chi connectivity index (χ2n) is 5.48.